The van der Waals surface area contributed by atoms with Crippen molar-refractivity contribution in [1.29, 1.82) is 0 Å². The lowest BCUT2D eigenvalue weighted by Gasteiger charge is -2.32. The minimum atomic E-state index is -0.747. The third-order valence-corrected chi connectivity index (χ3v) is 5.00. The summed E-state index contributed by atoms with van der Waals surface area (Å²) in [7, 11) is 0. The summed E-state index contributed by atoms with van der Waals surface area (Å²) in [5.41, 5.74) is 1.05. The Morgan fingerprint density at radius 3 is 2.72 bits per heavy atom. The van der Waals surface area contributed by atoms with Crippen molar-refractivity contribution >= 4 is 23.5 Å². The van der Waals surface area contributed by atoms with E-state index in [1.807, 2.05) is 31.2 Å². The SMILES string of the molecule is CCC(NC(=O)CN1CCCC(CCC(=O)O)C1)c1ccc(Cl)cc1. The Hall–Kier alpha value is -1.59. The lowest BCUT2D eigenvalue weighted by molar-refractivity contribution is -0.137. The molecule has 6 heteroatoms. The average Bonchev–Trinajstić information content (AvgIpc) is 2.59. The van der Waals surface area contributed by atoms with E-state index in [9.17, 15) is 9.59 Å². The molecule has 0 spiro atoms. The number of hydrogen-bond acceptors (Lipinski definition) is 3. The van der Waals surface area contributed by atoms with Gasteiger partial charge in [0.2, 0.25) is 5.91 Å². The van der Waals surface area contributed by atoms with Crippen LogP contribution in [0.25, 0.3) is 0 Å². The summed E-state index contributed by atoms with van der Waals surface area (Å²) in [6, 6.07) is 7.55. The molecule has 1 amide bonds. The van der Waals surface area contributed by atoms with Gasteiger partial charge in [0.25, 0.3) is 0 Å². The van der Waals surface area contributed by atoms with Crippen molar-refractivity contribution in [2.45, 2.75) is 45.1 Å². The zero-order valence-electron chi connectivity index (χ0n) is 14.7. The predicted molar refractivity (Wildman–Crippen MR) is 98.7 cm³/mol. The number of rotatable bonds is 8. The number of carboxylic acid groups (broad SMARTS) is 1. The highest BCUT2D eigenvalue weighted by Gasteiger charge is 2.23. The van der Waals surface area contributed by atoms with Crippen LogP contribution in [0.1, 0.15) is 50.6 Å². The number of nitrogens with zero attached hydrogens (tertiary/aromatic N) is 1. The Balaban J connectivity index is 1.83. The van der Waals surface area contributed by atoms with Crippen LogP contribution in [0.2, 0.25) is 5.02 Å². The van der Waals surface area contributed by atoms with Crippen LogP contribution in [0.3, 0.4) is 0 Å². The van der Waals surface area contributed by atoms with Crippen molar-refractivity contribution in [3.63, 3.8) is 0 Å². The fraction of sp³-hybridized carbons (Fsp3) is 0.579. The van der Waals surface area contributed by atoms with Crippen molar-refractivity contribution in [2.24, 2.45) is 5.92 Å². The zero-order valence-corrected chi connectivity index (χ0v) is 15.5. The lowest BCUT2D eigenvalue weighted by atomic mass is 9.93. The van der Waals surface area contributed by atoms with Gasteiger partial charge in [-0.3, -0.25) is 14.5 Å². The molecule has 1 fully saturated rings. The maximum atomic E-state index is 12.4. The van der Waals surface area contributed by atoms with E-state index in [1.165, 1.54) is 0 Å². The Labute approximate surface area is 154 Å². The Morgan fingerprint density at radius 1 is 1.36 bits per heavy atom. The molecule has 1 aliphatic rings. The maximum Gasteiger partial charge on any atom is 0.303 e. The fourth-order valence-electron chi connectivity index (χ4n) is 3.42. The topological polar surface area (TPSA) is 69.6 Å². The maximum absolute atomic E-state index is 12.4. The number of hydrogen-bond donors (Lipinski definition) is 2. The minimum absolute atomic E-state index is 0.0145. The van der Waals surface area contributed by atoms with Gasteiger partial charge in [0.05, 0.1) is 12.6 Å². The van der Waals surface area contributed by atoms with Gasteiger partial charge in [0.1, 0.15) is 0 Å². The first-order valence-electron chi connectivity index (χ1n) is 8.97. The number of halogens is 1. The van der Waals surface area contributed by atoms with Crippen molar-refractivity contribution < 1.29 is 14.7 Å². The first-order chi connectivity index (χ1) is 12.0. The standard InChI is InChI=1S/C19H27ClN2O3/c1-2-17(15-6-8-16(20)9-7-15)21-18(23)13-22-11-3-4-14(12-22)5-10-19(24)25/h6-9,14,17H,2-5,10-13H2,1H3,(H,21,23)(H,24,25). The molecule has 0 saturated carbocycles. The molecule has 2 N–H and O–H groups in total. The molecule has 0 aromatic heterocycles. The number of piperidine rings is 1. The molecule has 1 aliphatic heterocycles. The monoisotopic (exact) mass is 366 g/mol. The molecule has 1 heterocycles. The summed E-state index contributed by atoms with van der Waals surface area (Å²) >= 11 is 5.92. The van der Waals surface area contributed by atoms with Crippen LogP contribution in [0.15, 0.2) is 24.3 Å². The zero-order chi connectivity index (χ0) is 18.2. The van der Waals surface area contributed by atoms with Crippen molar-refractivity contribution in [3.05, 3.63) is 34.9 Å². The van der Waals surface area contributed by atoms with Gasteiger partial charge in [-0.25, -0.2) is 0 Å². The van der Waals surface area contributed by atoms with Crippen molar-refractivity contribution in [2.75, 3.05) is 19.6 Å². The molecule has 2 unspecified atom stereocenters. The molecule has 1 saturated heterocycles. The van der Waals surface area contributed by atoms with Crippen LogP contribution >= 0.6 is 11.6 Å². The quantitative estimate of drug-likeness (QED) is 0.739. The number of amides is 1. The van der Waals surface area contributed by atoms with E-state index in [0.29, 0.717) is 23.9 Å². The van der Waals surface area contributed by atoms with Crippen molar-refractivity contribution in [3.8, 4) is 0 Å². The highest BCUT2D eigenvalue weighted by Crippen LogP contribution is 2.22. The molecule has 1 aromatic carbocycles. The molecular weight excluding hydrogens is 340 g/mol. The van der Waals surface area contributed by atoms with E-state index in [2.05, 4.69) is 10.2 Å². The summed E-state index contributed by atoms with van der Waals surface area (Å²) < 4.78 is 0. The third kappa shape index (κ3) is 6.67. The van der Waals surface area contributed by atoms with Gasteiger partial charge in [0.15, 0.2) is 0 Å². The second-order valence-electron chi connectivity index (χ2n) is 6.76. The van der Waals surface area contributed by atoms with Gasteiger partial charge in [-0.05, 0) is 55.8 Å². The molecule has 0 radical (unpaired) electrons. The van der Waals surface area contributed by atoms with E-state index in [0.717, 1.165) is 37.9 Å². The highest BCUT2D eigenvalue weighted by molar-refractivity contribution is 6.30. The van der Waals surface area contributed by atoms with Crippen LogP contribution in [-0.4, -0.2) is 41.5 Å². The van der Waals surface area contributed by atoms with Gasteiger partial charge >= 0.3 is 5.97 Å². The summed E-state index contributed by atoms with van der Waals surface area (Å²) in [4.78, 5) is 25.3. The highest BCUT2D eigenvalue weighted by atomic mass is 35.5. The van der Waals surface area contributed by atoms with E-state index in [-0.39, 0.29) is 18.4 Å². The lowest BCUT2D eigenvalue weighted by Crippen LogP contribution is -2.43. The van der Waals surface area contributed by atoms with Gasteiger partial charge in [-0.15, -0.1) is 0 Å². The molecule has 0 bridgehead atoms. The fourth-order valence-corrected chi connectivity index (χ4v) is 3.54. The van der Waals surface area contributed by atoms with Crippen LogP contribution < -0.4 is 5.32 Å². The Morgan fingerprint density at radius 2 is 2.08 bits per heavy atom. The molecule has 2 atom stereocenters. The molecule has 0 aliphatic carbocycles. The van der Waals surface area contributed by atoms with Crippen LogP contribution in [0.5, 0.6) is 0 Å². The van der Waals surface area contributed by atoms with Crippen LogP contribution in [0.4, 0.5) is 0 Å². The van der Waals surface area contributed by atoms with Gasteiger partial charge in [-0.2, -0.15) is 0 Å². The number of carboxylic acids is 1. The second-order valence-corrected chi connectivity index (χ2v) is 7.19. The van der Waals surface area contributed by atoms with Crippen LogP contribution in [-0.2, 0) is 9.59 Å². The smallest absolute Gasteiger partial charge is 0.303 e. The average molecular weight is 367 g/mol. The Bertz CT molecular complexity index is 577. The number of benzene rings is 1. The number of nitrogens with one attached hydrogen (secondary N) is 1. The third-order valence-electron chi connectivity index (χ3n) is 4.75. The van der Waals surface area contributed by atoms with Gasteiger partial charge in [0, 0.05) is 18.0 Å². The van der Waals surface area contributed by atoms with E-state index < -0.39 is 5.97 Å². The number of aliphatic carboxylic acids is 1. The largest absolute Gasteiger partial charge is 0.481 e. The molecule has 2 rings (SSSR count). The first-order valence-corrected chi connectivity index (χ1v) is 9.34. The summed E-state index contributed by atoms with van der Waals surface area (Å²) in [6.45, 7) is 4.11. The number of likely N-dealkylation sites (tertiary alicyclic amines) is 1. The molecule has 138 valence electrons. The predicted octanol–water partition coefficient (Wildman–Crippen LogP) is 3.48. The van der Waals surface area contributed by atoms with E-state index >= 15 is 0 Å². The second kappa shape index (κ2) is 9.78. The van der Waals surface area contributed by atoms with Crippen LogP contribution in [0, 0.1) is 5.92 Å². The van der Waals surface area contributed by atoms with E-state index in [4.69, 9.17) is 16.7 Å². The summed E-state index contributed by atoms with van der Waals surface area (Å²) in [5.74, 6) is -0.361. The number of carbonyl (C=O) groups is 2. The Kier molecular flexibility index (Phi) is 7.72. The number of carbonyl (C=O) groups excluding carboxylic acids is 1. The summed E-state index contributed by atoms with van der Waals surface area (Å²) in [5, 5.41) is 12.6. The summed E-state index contributed by atoms with van der Waals surface area (Å²) in [6.07, 6.45) is 3.78. The first kappa shape index (κ1) is 19.7. The normalized spacial score (nSPS) is 19.4. The van der Waals surface area contributed by atoms with Gasteiger partial charge in [-0.1, -0.05) is 30.7 Å². The minimum Gasteiger partial charge on any atom is -0.481 e. The van der Waals surface area contributed by atoms with E-state index in [1.54, 1.807) is 0 Å². The molecule has 5 nitrogen and oxygen atoms in total. The molecule has 25 heavy (non-hydrogen) atoms. The van der Waals surface area contributed by atoms with Gasteiger partial charge < -0.3 is 10.4 Å². The molecule has 1 aromatic rings. The van der Waals surface area contributed by atoms with Crippen molar-refractivity contribution in [1.82, 2.24) is 10.2 Å². The molecular formula is C19H27ClN2O3.